The maximum atomic E-state index is 12.5. The molecule has 136 valence electrons. The van der Waals surface area contributed by atoms with Gasteiger partial charge in [-0.3, -0.25) is 9.59 Å². The van der Waals surface area contributed by atoms with Gasteiger partial charge in [-0.2, -0.15) is 0 Å². The summed E-state index contributed by atoms with van der Waals surface area (Å²) in [5.41, 5.74) is 4.83. The van der Waals surface area contributed by atoms with E-state index in [0.717, 1.165) is 39.1 Å². The maximum Gasteiger partial charge on any atom is 0.246 e. The van der Waals surface area contributed by atoms with Crippen LogP contribution in [0.15, 0.2) is 40.9 Å². The van der Waals surface area contributed by atoms with E-state index in [1.54, 1.807) is 11.8 Å². The number of amides is 2. The van der Waals surface area contributed by atoms with Crippen LogP contribution in [0.25, 0.3) is 0 Å². The third-order valence-corrected chi connectivity index (χ3v) is 5.17. The van der Waals surface area contributed by atoms with Crippen LogP contribution >= 0.6 is 15.9 Å². The summed E-state index contributed by atoms with van der Waals surface area (Å²) in [5, 5.41) is 6.17. The number of rotatable bonds is 4. The fraction of sp³-hybridized carbons (Fsp3) is 0.300. The minimum absolute atomic E-state index is 0.0564. The molecule has 1 unspecified atom stereocenters. The second-order valence-corrected chi connectivity index (χ2v) is 7.46. The van der Waals surface area contributed by atoms with E-state index in [1.807, 2.05) is 50.2 Å². The molecule has 3 rings (SSSR count). The Kier molecular flexibility index (Phi) is 5.32. The van der Waals surface area contributed by atoms with Crippen molar-refractivity contribution in [1.82, 2.24) is 0 Å². The van der Waals surface area contributed by atoms with Crippen LogP contribution in [0.2, 0.25) is 0 Å². The number of fused-ring (bicyclic) bond motifs is 1. The zero-order valence-electron chi connectivity index (χ0n) is 15.1. The lowest BCUT2D eigenvalue weighted by Gasteiger charge is -2.18. The predicted molar refractivity (Wildman–Crippen MR) is 109 cm³/mol. The van der Waals surface area contributed by atoms with Crippen molar-refractivity contribution >= 4 is 44.8 Å². The van der Waals surface area contributed by atoms with E-state index >= 15 is 0 Å². The Morgan fingerprint density at radius 1 is 1.19 bits per heavy atom. The van der Waals surface area contributed by atoms with Crippen molar-refractivity contribution < 1.29 is 9.59 Å². The Morgan fingerprint density at radius 3 is 2.65 bits per heavy atom. The van der Waals surface area contributed by atoms with Gasteiger partial charge in [0.2, 0.25) is 11.8 Å². The summed E-state index contributed by atoms with van der Waals surface area (Å²) in [5.74, 6) is -0.0544. The van der Waals surface area contributed by atoms with Gasteiger partial charge in [-0.05, 0) is 77.7 Å². The number of aryl methyl sites for hydroxylation is 1. The molecule has 0 bridgehead atoms. The highest BCUT2D eigenvalue weighted by atomic mass is 79.9. The quantitative estimate of drug-likeness (QED) is 0.789. The van der Waals surface area contributed by atoms with Gasteiger partial charge in [0, 0.05) is 29.3 Å². The molecule has 0 spiro atoms. The average Bonchev–Trinajstić information content (AvgIpc) is 3.00. The fourth-order valence-corrected chi connectivity index (χ4v) is 3.69. The first-order chi connectivity index (χ1) is 12.3. The molecule has 0 saturated heterocycles. The molecule has 1 heterocycles. The lowest BCUT2D eigenvalue weighted by atomic mass is 10.1. The summed E-state index contributed by atoms with van der Waals surface area (Å²) >= 11 is 3.48. The van der Waals surface area contributed by atoms with Gasteiger partial charge in [-0.15, -0.1) is 0 Å². The molecule has 1 atom stereocenters. The highest BCUT2D eigenvalue weighted by Gasteiger charge is 2.22. The van der Waals surface area contributed by atoms with Crippen molar-refractivity contribution in [1.29, 1.82) is 0 Å². The van der Waals surface area contributed by atoms with E-state index in [1.165, 1.54) is 0 Å². The summed E-state index contributed by atoms with van der Waals surface area (Å²) in [4.78, 5) is 25.9. The molecule has 2 N–H and O–H groups in total. The van der Waals surface area contributed by atoms with Gasteiger partial charge in [-0.25, -0.2) is 0 Å². The second kappa shape index (κ2) is 7.50. The molecule has 0 aliphatic carbocycles. The molecular weight excluding hydrogens is 394 g/mol. The Balaban J connectivity index is 1.67. The Hall–Kier alpha value is -2.34. The van der Waals surface area contributed by atoms with Crippen LogP contribution in [0.4, 0.5) is 17.1 Å². The first-order valence-corrected chi connectivity index (χ1v) is 9.39. The van der Waals surface area contributed by atoms with Crippen LogP contribution in [0.5, 0.6) is 0 Å². The summed E-state index contributed by atoms with van der Waals surface area (Å²) in [7, 11) is 0. The van der Waals surface area contributed by atoms with Gasteiger partial charge >= 0.3 is 0 Å². The normalized spacial score (nSPS) is 13.9. The van der Waals surface area contributed by atoms with Crippen LogP contribution in [0, 0.1) is 6.92 Å². The third kappa shape index (κ3) is 3.90. The van der Waals surface area contributed by atoms with E-state index in [9.17, 15) is 9.59 Å². The van der Waals surface area contributed by atoms with Crippen molar-refractivity contribution in [2.75, 3.05) is 22.1 Å². The molecule has 2 aromatic carbocycles. The first-order valence-electron chi connectivity index (χ1n) is 8.59. The molecule has 2 amide bonds. The SMILES string of the molecule is CC(=O)N1CCc2cc(NC(C)C(=O)Nc3ccc(C)cc3Br)ccc21. The van der Waals surface area contributed by atoms with E-state index in [0.29, 0.717) is 6.54 Å². The zero-order chi connectivity index (χ0) is 18.8. The topological polar surface area (TPSA) is 61.4 Å². The largest absolute Gasteiger partial charge is 0.374 e. The smallest absolute Gasteiger partial charge is 0.246 e. The monoisotopic (exact) mass is 415 g/mol. The van der Waals surface area contributed by atoms with Crippen LogP contribution in [0.3, 0.4) is 0 Å². The van der Waals surface area contributed by atoms with E-state index in [-0.39, 0.29) is 11.8 Å². The number of halogens is 1. The number of nitrogens with zero attached hydrogens (tertiary/aromatic N) is 1. The van der Waals surface area contributed by atoms with Crippen LogP contribution in [-0.4, -0.2) is 24.4 Å². The van der Waals surface area contributed by atoms with Gasteiger partial charge in [-0.1, -0.05) is 6.07 Å². The van der Waals surface area contributed by atoms with E-state index in [4.69, 9.17) is 0 Å². The third-order valence-electron chi connectivity index (χ3n) is 4.51. The molecule has 6 heteroatoms. The van der Waals surface area contributed by atoms with E-state index < -0.39 is 6.04 Å². The molecule has 0 saturated carbocycles. The zero-order valence-corrected chi connectivity index (χ0v) is 16.7. The number of nitrogens with one attached hydrogen (secondary N) is 2. The van der Waals surface area contributed by atoms with Crippen molar-refractivity contribution in [2.24, 2.45) is 0 Å². The van der Waals surface area contributed by atoms with Gasteiger partial charge in [0.05, 0.1) is 5.69 Å². The molecule has 0 radical (unpaired) electrons. The predicted octanol–water partition coefficient (Wildman–Crippen LogP) is 4.11. The summed E-state index contributed by atoms with van der Waals surface area (Å²) in [6, 6.07) is 11.3. The van der Waals surface area contributed by atoms with Crippen molar-refractivity contribution in [3.63, 3.8) is 0 Å². The lowest BCUT2D eigenvalue weighted by molar-refractivity contribution is -0.117. The molecule has 26 heavy (non-hydrogen) atoms. The number of carbonyl (C=O) groups excluding carboxylic acids is 2. The second-order valence-electron chi connectivity index (χ2n) is 6.60. The average molecular weight is 416 g/mol. The highest BCUT2D eigenvalue weighted by molar-refractivity contribution is 9.10. The Bertz CT molecular complexity index is 866. The lowest BCUT2D eigenvalue weighted by Crippen LogP contribution is -2.32. The maximum absolute atomic E-state index is 12.5. The van der Waals surface area contributed by atoms with Crippen LogP contribution < -0.4 is 15.5 Å². The molecule has 0 fully saturated rings. The summed E-state index contributed by atoms with van der Waals surface area (Å²) < 4.78 is 0.861. The number of hydrogen-bond donors (Lipinski definition) is 2. The van der Waals surface area contributed by atoms with Crippen molar-refractivity contribution in [3.8, 4) is 0 Å². The molecule has 0 aromatic heterocycles. The van der Waals surface area contributed by atoms with Crippen molar-refractivity contribution in [2.45, 2.75) is 33.2 Å². The standard InChI is InChI=1S/C20H22BrN3O2/c1-12-4-6-18(17(21)10-12)23-20(26)13(2)22-16-5-7-19-15(11-16)8-9-24(19)14(3)25/h4-7,10-11,13,22H,8-9H2,1-3H3,(H,23,26). The number of anilines is 3. The van der Waals surface area contributed by atoms with Gasteiger partial charge in [0.1, 0.15) is 6.04 Å². The number of hydrogen-bond acceptors (Lipinski definition) is 3. The van der Waals surface area contributed by atoms with Crippen LogP contribution in [0.1, 0.15) is 25.0 Å². The molecule has 5 nitrogen and oxygen atoms in total. The number of carbonyl (C=O) groups is 2. The minimum atomic E-state index is -0.397. The first kappa shape index (κ1) is 18.5. The highest BCUT2D eigenvalue weighted by Crippen LogP contribution is 2.31. The van der Waals surface area contributed by atoms with Gasteiger partial charge in [0.15, 0.2) is 0 Å². The molecule has 1 aliphatic heterocycles. The van der Waals surface area contributed by atoms with Crippen LogP contribution in [-0.2, 0) is 16.0 Å². The summed E-state index contributed by atoms with van der Waals surface area (Å²) in [6.07, 6.45) is 0.835. The minimum Gasteiger partial charge on any atom is -0.374 e. The Labute approximate surface area is 161 Å². The van der Waals surface area contributed by atoms with Gasteiger partial charge < -0.3 is 15.5 Å². The van der Waals surface area contributed by atoms with E-state index in [2.05, 4.69) is 26.6 Å². The summed E-state index contributed by atoms with van der Waals surface area (Å²) in [6.45, 7) is 6.12. The fourth-order valence-electron chi connectivity index (χ4n) is 3.10. The van der Waals surface area contributed by atoms with Crippen molar-refractivity contribution in [3.05, 3.63) is 52.0 Å². The van der Waals surface area contributed by atoms with Gasteiger partial charge in [0.25, 0.3) is 0 Å². The molecule has 2 aromatic rings. The molecule has 1 aliphatic rings. The number of benzene rings is 2. The molecular formula is C20H22BrN3O2. The Morgan fingerprint density at radius 2 is 1.96 bits per heavy atom.